The Morgan fingerprint density at radius 1 is 1.35 bits per heavy atom. The quantitative estimate of drug-likeness (QED) is 0.922. The molecule has 1 amide bonds. The Morgan fingerprint density at radius 3 is 2.75 bits per heavy atom. The first-order valence-electron chi connectivity index (χ1n) is 6.02. The molecule has 1 aromatic carbocycles. The molecule has 2 rings (SSSR count). The number of nitriles is 1. The predicted molar refractivity (Wildman–Crippen MR) is 74.3 cm³/mol. The van der Waals surface area contributed by atoms with Gasteiger partial charge in [0.15, 0.2) is 6.61 Å². The molecule has 0 atom stereocenters. The van der Waals surface area contributed by atoms with Crippen molar-refractivity contribution >= 4 is 11.6 Å². The van der Waals surface area contributed by atoms with Crippen molar-refractivity contribution in [1.29, 1.82) is 5.26 Å². The molecule has 0 aliphatic carbocycles. The van der Waals surface area contributed by atoms with Crippen molar-refractivity contribution in [2.24, 2.45) is 0 Å². The Morgan fingerprint density at radius 2 is 2.10 bits per heavy atom. The summed E-state index contributed by atoms with van der Waals surface area (Å²) in [6, 6.07) is 10.3. The first-order chi connectivity index (χ1) is 9.69. The number of aryl methyl sites for hydroxylation is 1. The zero-order valence-electron chi connectivity index (χ0n) is 11.0. The minimum Gasteiger partial charge on any atom is -0.484 e. The third kappa shape index (κ3) is 3.56. The largest absolute Gasteiger partial charge is 0.484 e. The third-order valence-corrected chi connectivity index (χ3v) is 2.65. The van der Waals surface area contributed by atoms with Crippen LogP contribution in [0.2, 0.25) is 0 Å². The summed E-state index contributed by atoms with van der Waals surface area (Å²) in [5.74, 6) is 0.300. The fourth-order valence-electron chi connectivity index (χ4n) is 1.57. The first kappa shape index (κ1) is 13.6. The molecule has 1 aromatic heterocycles. The number of carbonyl (C=O) groups excluding carboxylic acids is 1. The molecule has 0 saturated heterocycles. The van der Waals surface area contributed by atoms with Crippen molar-refractivity contribution in [1.82, 2.24) is 4.98 Å². The van der Waals surface area contributed by atoms with Gasteiger partial charge in [0.25, 0.3) is 5.91 Å². The zero-order chi connectivity index (χ0) is 14.4. The van der Waals surface area contributed by atoms with Gasteiger partial charge in [-0.3, -0.25) is 9.78 Å². The molecule has 0 fully saturated rings. The van der Waals surface area contributed by atoms with Gasteiger partial charge >= 0.3 is 0 Å². The summed E-state index contributed by atoms with van der Waals surface area (Å²) < 4.78 is 5.34. The van der Waals surface area contributed by atoms with Crippen LogP contribution in [0.25, 0.3) is 0 Å². The molecular formula is C15H13N3O2. The monoisotopic (exact) mass is 267 g/mol. The summed E-state index contributed by atoms with van der Waals surface area (Å²) in [6.07, 6.45) is 3.29. The van der Waals surface area contributed by atoms with Crippen molar-refractivity contribution < 1.29 is 9.53 Å². The van der Waals surface area contributed by atoms with E-state index in [4.69, 9.17) is 10.00 Å². The average Bonchev–Trinajstić information content (AvgIpc) is 2.48. The van der Waals surface area contributed by atoms with E-state index < -0.39 is 0 Å². The molecule has 5 nitrogen and oxygen atoms in total. The van der Waals surface area contributed by atoms with Crippen molar-refractivity contribution in [3.63, 3.8) is 0 Å². The lowest BCUT2D eigenvalue weighted by molar-refractivity contribution is -0.118. The maximum Gasteiger partial charge on any atom is 0.262 e. The van der Waals surface area contributed by atoms with Gasteiger partial charge in [-0.25, -0.2) is 0 Å². The second-order valence-corrected chi connectivity index (χ2v) is 4.16. The van der Waals surface area contributed by atoms with Gasteiger partial charge in [0, 0.05) is 18.1 Å². The fourth-order valence-corrected chi connectivity index (χ4v) is 1.57. The normalized spacial score (nSPS) is 9.60. The smallest absolute Gasteiger partial charge is 0.262 e. The zero-order valence-corrected chi connectivity index (χ0v) is 11.0. The number of anilines is 1. The second-order valence-electron chi connectivity index (χ2n) is 4.16. The molecule has 0 aliphatic heterocycles. The summed E-state index contributed by atoms with van der Waals surface area (Å²) in [7, 11) is 0. The summed E-state index contributed by atoms with van der Waals surface area (Å²) in [5.41, 5.74) is 2.15. The maximum atomic E-state index is 11.8. The lowest BCUT2D eigenvalue weighted by Crippen LogP contribution is -2.20. The molecule has 5 heteroatoms. The van der Waals surface area contributed by atoms with Crippen molar-refractivity contribution in [3.05, 3.63) is 53.9 Å². The van der Waals surface area contributed by atoms with Gasteiger partial charge in [-0.1, -0.05) is 0 Å². The Balaban J connectivity index is 1.89. The number of ether oxygens (including phenoxy) is 1. The molecule has 2 aromatic rings. The molecular weight excluding hydrogens is 254 g/mol. The molecule has 0 spiro atoms. The predicted octanol–water partition coefficient (Wildman–Crippen LogP) is 2.28. The number of hydrogen-bond donors (Lipinski definition) is 1. The molecule has 0 aliphatic rings. The van der Waals surface area contributed by atoms with Crippen LogP contribution in [0.5, 0.6) is 5.75 Å². The van der Waals surface area contributed by atoms with Gasteiger partial charge in [-0.2, -0.15) is 5.26 Å². The van der Waals surface area contributed by atoms with Gasteiger partial charge < -0.3 is 10.1 Å². The Kier molecular flexibility index (Phi) is 4.30. The molecule has 0 unspecified atom stereocenters. The number of benzene rings is 1. The second kappa shape index (κ2) is 6.34. The van der Waals surface area contributed by atoms with Crippen LogP contribution < -0.4 is 10.1 Å². The third-order valence-electron chi connectivity index (χ3n) is 2.65. The van der Waals surface area contributed by atoms with Crippen LogP contribution in [0.4, 0.5) is 5.69 Å². The van der Waals surface area contributed by atoms with Crippen LogP contribution in [0.15, 0.2) is 42.7 Å². The van der Waals surface area contributed by atoms with Crippen LogP contribution in [0, 0.1) is 18.3 Å². The SMILES string of the molecule is Cc1cnccc1NC(=O)COc1ccc(C#N)cc1. The van der Waals surface area contributed by atoms with Gasteiger partial charge in [0.05, 0.1) is 11.6 Å². The maximum absolute atomic E-state index is 11.8. The molecule has 0 radical (unpaired) electrons. The van der Waals surface area contributed by atoms with E-state index in [2.05, 4.69) is 10.3 Å². The Bertz CT molecular complexity index is 645. The van der Waals surface area contributed by atoms with E-state index in [-0.39, 0.29) is 12.5 Å². The Hall–Kier alpha value is -2.87. The Labute approximate surface area is 116 Å². The minimum absolute atomic E-state index is 0.0896. The van der Waals surface area contributed by atoms with E-state index in [0.29, 0.717) is 17.0 Å². The van der Waals surface area contributed by atoms with E-state index in [9.17, 15) is 4.79 Å². The molecule has 1 N–H and O–H groups in total. The number of nitrogens with one attached hydrogen (secondary N) is 1. The topological polar surface area (TPSA) is 75.0 Å². The first-order valence-corrected chi connectivity index (χ1v) is 6.02. The molecule has 100 valence electrons. The van der Waals surface area contributed by atoms with Gasteiger partial charge in [0.1, 0.15) is 5.75 Å². The van der Waals surface area contributed by atoms with Crippen molar-refractivity contribution in [2.45, 2.75) is 6.92 Å². The fraction of sp³-hybridized carbons (Fsp3) is 0.133. The molecule has 0 saturated carbocycles. The van der Waals surface area contributed by atoms with Gasteiger partial charge in [-0.15, -0.1) is 0 Å². The van der Waals surface area contributed by atoms with Gasteiger partial charge in [0.2, 0.25) is 0 Å². The highest BCUT2D eigenvalue weighted by Gasteiger charge is 2.05. The van der Waals surface area contributed by atoms with Crippen LogP contribution in [-0.2, 0) is 4.79 Å². The van der Waals surface area contributed by atoms with Crippen LogP contribution in [0.1, 0.15) is 11.1 Å². The van der Waals surface area contributed by atoms with E-state index in [0.717, 1.165) is 5.56 Å². The van der Waals surface area contributed by atoms with E-state index >= 15 is 0 Å². The van der Waals surface area contributed by atoms with Crippen LogP contribution >= 0.6 is 0 Å². The number of nitrogens with zero attached hydrogens (tertiary/aromatic N) is 2. The van der Waals surface area contributed by atoms with Crippen molar-refractivity contribution in [2.75, 3.05) is 11.9 Å². The van der Waals surface area contributed by atoms with Gasteiger partial charge in [-0.05, 0) is 42.8 Å². The summed E-state index contributed by atoms with van der Waals surface area (Å²) >= 11 is 0. The van der Waals surface area contributed by atoms with E-state index in [1.807, 2.05) is 13.0 Å². The summed E-state index contributed by atoms with van der Waals surface area (Å²) in [4.78, 5) is 15.7. The summed E-state index contributed by atoms with van der Waals surface area (Å²) in [5, 5.41) is 11.4. The highest BCUT2D eigenvalue weighted by Crippen LogP contribution is 2.13. The number of carbonyl (C=O) groups is 1. The highest BCUT2D eigenvalue weighted by atomic mass is 16.5. The lowest BCUT2D eigenvalue weighted by atomic mass is 10.2. The van der Waals surface area contributed by atoms with Crippen LogP contribution in [0.3, 0.4) is 0 Å². The molecule has 20 heavy (non-hydrogen) atoms. The highest BCUT2D eigenvalue weighted by molar-refractivity contribution is 5.92. The molecule has 1 heterocycles. The molecule has 0 bridgehead atoms. The average molecular weight is 267 g/mol. The standard InChI is InChI=1S/C15H13N3O2/c1-11-9-17-7-6-14(11)18-15(19)10-20-13-4-2-12(8-16)3-5-13/h2-7,9H,10H2,1H3,(H,17,18,19). The number of amides is 1. The van der Waals surface area contributed by atoms with Crippen LogP contribution in [-0.4, -0.2) is 17.5 Å². The number of pyridine rings is 1. The minimum atomic E-state index is -0.247. The van der Waals surface area contributed by atoms with E-state index in [1.54, 1.807) is 42.7 Å². The summed E-state index contributed by atoms with van der Waals surface area (Å²) in [6.45, 7) is 1.78. The van der Waals surface area contributed by atoms with E-state index in [1.165, 1.54) is 0 Å². The number of rotatable bonds is 4. The lowest BCUT2D eigenvalue weighted by Gasteiger charge is -2.09. The van der Waals surface area contributed by atoms with Crippen molar-refractivity contribution in [3.8, 4) is 11.8 Å². The number of hydrogen-bond acceptors (Lipinski definition) is 4. The number of aromatic nitrogens is 1.